The molecular weight excluding hydrogens is 488 g/mol. The normalized spacial score (nSPS) is 10.9. The molecule has 1 amide bonds. The molecule has 0 aliphatic rings. The van der Waals surface area contributed by atoms with Crippen molar-refractivity contribution in [3.05, 3.63) is 80.0 Å². The Labute approximate surface area is 177 Å². The van der Waals surface area contributed by atoms with E-state index in [2.05, 4.69) is 37.2 Å². The number of nitrogens with one attached hydrogen (secondary N) is 1. The van der Waals surface area contributed by atoms with Crippen LogP contribution in [0.15, 0.2) is 68.9 Å². The van der Waals surface area contributed by atoms with Crippen LogP contribution in [0.1, 0.15) is 15.9 Å². The van der Waals surface area contributed by atoms with Gasteiger partial charge in [-0.2, -0.15) is 0 Å². The van der Waals surface area contributed by atoms with Gasteiger partial charge in [0.2, 0.25) is 0 Å². The number of aryl methyl sites for hydroxylation is 1. The van der Waals surface area contributed by atoms with Gasteiger partial charge in [-0.25, -0.2) is 4.98 Å². The van der Waals surface area contributed by atoms with Gasteiger partial charge < -0.3 is 5.32 Å². The molecular formula is C21H14Br2N2OS. The smallest absolute Gasteiger partial charge is 0.256 e. The molecule has 0 unspecified atom stereocenters. The molecule has 3 nitrogen and oxygen atoms in total. The van der Waals surface area contributed by atoms with Crippen molar-refractivity contribution >= 4 is 65.7 Å². The molecule has 134 valence electrons. The predicted molar refractivity (Wildman–Crippen MR) is 120 cm³/mol. The number of nitrogens with zero attached hydrogens (tertiary/aromatic N) is 1. The maximum atomic E-state index is 13.1. The van der Waals surface area contributed by atoms with Crippen LogP contribution in [-0.2, 0) is 0 Å². The number of amides is 1. The highest BCUT2D eigenvalue weighted by molar-refractivity contribution is 9.11. The molecule has 0 bridgehead atoms. The molecule has 0 aliphatic heterocycles. The highest BCUT2D eigenvalue weighted by Gasteiger charge is 2.15. The maximum absolute atomic E-state index is 13.1. The zero-order valence-electron chi connectivity index (χ0n) is 14.3. The Kier molecular flexibility index (Phi) is 5.12. The fourth-order valence-electron chi connectivity index (χ4n) is 2.90. The van der Waals surface area contributed by atoms with E-state index in [0.717, 1.165) is 41.0 Å². The molecule has 2 aromatic carbocycles. The Hall–Kier alpha value is -2.02. The van der Waals surface area contributed by atoms with Crippen LogP contribution in [0, 0.1) is 6.92 Å². The molecule has 0 fully saturated rings. The lowest BCUT2D eigenvalue weighted by Crippen LogP contribution is -2.14. The van der Waals surface area contributed by atoms with E-state index < -0.39 is 0 Å². The summed E-state index contributed by atoms with van der Waals surface area (Å²) in [4.78, 5) is 18.9. The molecule has 6 heteroatoms. The van der Waals surface area contributed by atoms with E-state index in [1.807, 2.05) is 67.6 Å². The molecule has 2 aromatic heterocycles. The van der Waals surface area contributed by atoms with Crippen molar-refractivity contribution in [1.29, 1.82) is 0 Å². The van der Waals surface area contributed by atoms with Crippen LogP contribution < -0.4 is 5.32 Å². The van der Waals surface area contributed by atoms with Crippen molar-refractivity contribution in [1.82, 2.24) is 4.98 Å². The second-order valence-corrected chi connectivity index (χ2v) is 9.47. The van der Waals surface area contributed by atoms with Gasteiger partial charge in [0.05, 0.1) is 25.4 Å². The van der Waals surface area contributed by atoms with Crippen LogP contribution in [0.2, 0.25) is 0 Å². The van der Waals surface area contributed by atoms with E-state index in [1.54, 1.807) is 11.3 Å². The van der Waals surface area contributed by atoms with Gasteiger partial charge in [-0.3, -0.25) is 4.79 Å². The molecule has 4 rings (SSSR count). The lowest BCUT2D eigenvalue weighted by atomic mass is 10.1. The fourth-order valence-corrected chi connectivity index (χ4v) is 4.72. The number of halogens is 2. The van der Waals surface area contributed by atoms with Crippen LogP contribution in [0.3, 0.4) is 0 Å². The van der Waals surface area contributed by atoms with Gasteiger partial charge in [0.15, 0.2) is 0 Å². The third-order valence-corrected chi connectivity index (χ3v) is 6.36. The van der Waals surface area contributed by atoms with Crippen molar-refractivity contribution in [2.24, 2.45) is 0 Å². The lowest BCUT2D eigenvalue weighted by Gasteiger charge is -2.12. The van der Waals surface area contributed by atoms with E-state index in [0.29, 0.717) is 5.56 Å². The monoisotopic (exact) mass is 500 g/mol. The Morgan fingerprint density at radius 2 is 1.85 bits per heavy atom. The molecule has 2 heterocycles. The molecule has 0 atom stereocenters. The van der Waals surface area contributed by atoms with Crippen molar-refractivity contribution in [2.45, 2.75) is 6.92 Å². The topological polar surface area (TPSA) is 42.0 Å². The van der Waals surface area contributed by atoms with Crippen molar-refractivity contribution in [3.63, 3.8) is 0 Å². The van der Waals surface area contributed by atoms with Crippen LogP contribution in [0.5, 0.6) is 0 Å². The summed E-state index contributed by atoms with van der Waals surface area (Å²) in [5.74, 6) is -0.143. The third kappa shape index (κ3) is 3.83. The first kappa shape index (κ1) is 18.3. The van der Waals surface area contributed by atoms with E-state index in [4.69, 9.17) is 4.98 Å². The van der Waals surface area contributed by atoms with Gasteiger partial charge in [-0.05, 0) is 70.9 Å². The largest absolute Gasteiger partial charge is 0.322 e. The van der Waals surface area contributed by atoms with Crippen LogP contribution in [0.25, 0.3) is 21.5 Å². The number of carbonyl (C=O) groups is 1. The van der Waals surface area contributed by atoms with Gasteiger partial charge in [0, 0.05) is 15.5 Å². The van der Waals surface area contributed by atoms with Crippen molar-refractivity contribution in [2.75, 3.05) is 5.32 Å². The first-order chi connectivity index (χ1) is 13.0. The zero-order chi connectivity index (χ0) is 19.0. The summed E-state index contributed by atoms with van der Waals surface area (Å²) in [7, 11) is 0. The summed E-state index contributed by atoms with van der Waals surface area (Å²) in [5, 5.41) is 3.87. The second-order valence-electron chi connectivity index (χ2n) is 6.09. The van der Waals surface area contributed by atoms with E-state index in [1.165, 1.54) is 0 Å². The van der Waals surface area contributed by atoms with E-state index in [-0.39, 0.29) is 5.91 Å². The van der Waals surface area contributed by atoms with E-state index in [9.17, 15) is 4.79 Å². The Bertz CT molecular complexity index is 1170. The Balaban J connectivity index is 1.80. The Morgan fingerprint density at radius 1 is 1.04 bits per heavy atom. The minimum absolute atomic E-state index is 0.143. The lowest BCUT2D eigenvalue weighted by molar-refractivity contribution is 0.102. The van der Waals surface area contributed by atoms with Gasteiger partial charge in [0.1, 0.15) is 0 Å². The summed E-state index contributed by atoms with van der Waals surface area (Å²) in [6, 6.07) is 19.4. The van der Waals surface area contributed by atoms with Crippen molar-refractivity contribution in [3.8, 4) is 10.6 Å². The first-order valence-electron chi connectivity index (χ1n) is 8.24. The summed E-state index contributed by atoms with van der Waals surface area (Å²) in [6.45, 7) is 1.97. The number of benzene rings is 2. The predicted octanol–water partition coefficient (Wildman–Crippen LogP) is 7.05. The molecule has 0 spiro atoms. The molecule has 4 aromatic rings. The van der Waals surface area contributed by atoms with E-state index >= 15 is 0 Å². The minimum atomic E-state index is -0.143. The summed E-state index contributed by atoms with van der Waals surface area (Å²) in [6.07, 6.45) is 0. The molecule has 27 heavy (non-hydrogen) atoms. The number of thiophene rings is 1. The number of carbonyl (C=O) groups excluding carboxylic acids is 1. The number of hydrogen-bond donors (Lipinski definition) is 1. The quantitative estimate of drug-likeness (QED) is 0.326. The molecule has 0 saturated heterocycles. The maximum Gasteiger partial charge on any atom is 0.256 e. The number of pyridine rings is 1. The van der Waals surface area contributed by atoms with Gasteiger partial charge in [0.25, 0.3) is 5.91 Å². The summed E-state index contributed by atoms with van der Waals surface area (Å²) < 4.78 is 2.02. The number of anilines is 1. The number of para-hydroxylation sites is 1. The number of hydrogen-bond acceptors (Lipinski definition) is 3. The third-order valence-electron chi connectivity index (χ3n) is 4.22. The van der Waals surface area contributed by atoms with Crippen LogP contribution >= 0.6 is 43.2 Å². The zero-order valence-corrected chi connectivity index (χ0v) is 18.3. The number of aromatic nitrogens is 1. The standard InChI is InChI=1S/C21H14Br2N2OS/c1-12-10-13(22)6-7-16(12)25-21(26)15-11-18(19-8-9-20(23)27-19)24-17-5-3-2-4-14(15)17/h2-11H,1H3,(H,25,26). The number of rotatable bonds is 3. The van der Waals surface area contributed by atoms with Gasteiger partial charge >= 0.3 is 0 Å². The fraction of sp³-hybridized carbons (Fsp3) is 0.0476. The van der Waals surface area contributed by atoms with Gasteiger partial charge in [-0.15, -0.1) is 11.3 Å². The second kappa shape index (κ2) is 7.54. The van der Waals surface area contributed by atoms with Crippen LogP contribution in [-0.4, -0.2) is 10.9 Å². The van der Waals surface area contributed by atoms with Crippen molar-refractivity contribution < 1.29 is 4.79 Å². The van der Waals surface area contributed by atoms with Crippen LogP contribution in [0.4, 0.5) is 5.69 Å². The van der Waals surface area contributed by atoms with Gasteiger partial charge in [-0.1, -0.05) is 34.1 Å². The summed E-state index contributed by atoms with van der Waals surface area (Å²) in [5.41, 5.74) is 4.00. The highest BCUT2D eigenvalue weighted by Crippen LogP contribution is 2.33. The average molecular weight is 502 g/mol. The molecule has 1 N–H and O–H groups in total. The first-order valence-corrected chi connectivity index (χ1v) is 10.6. The molecule has 0 aliphatic carbocycles. The molecule has 0 saturated carbocycles. The average Bonchev–Trinajstić information content (AvgIpc) is 3.09. The summed E-state index contributed by atoms with van der Waals surface area (Å²) >= 11 is 8.54. The molecule has 0 radical (unpaired) electrons. The Morgan fingerprint density at radius 3 is 2.59 bits per heavy atom. The highest BCUT2D eigenvalue weighted by atomic mass is 79.9. The SMILES string of the molecule is Cc1cc(Br)ccc1NC(=O)c1cc(-c2ccc(Br)s2)nc2ccccc12. The minimum Gasteiger partial charge on any atom is -0.322 e. The number of fused-ring (bicyclic) bond motifs is 1.